The smallest absolute Gasteiger partial charge is 0.478 e. The van der Waals surface area contributed by atoms with Crippen LogP contribution < -0.4 is 10.3 Å². The van der Waals surface area contributed by atoms with E-state index in [9.17, 15) is 22.1 Å². The summed E-state index contributed by atoms with van der Waals surface area (Å²) < 4.78 is 45.2. The number of hydrogen-bond acceptors (Lipinski definition) is 2. The Morgan fingerprint density at radius 2 is 1.52 bits per heavy atom. The monoisotopic (exact) mass is 457 g/mol. The Morgan fingerprint density at radius 3 is 2.09 bits per heavy atom. The molecule has 0 amide bonds. The fourth-order valence-electron chi connectivity index (χ4n) is 3.40. The number of aromatic carboxylic acids is 1. The van der Waals surface area contributed by atoms with Crippen LogP contribution in [0.5, 0.6) is 0 Å². The maximum Gasteiger partial charge on any atom is 0.673 e. The lowest BCUT2D eigenvalue weighted by Gasteiger charge is -2.06. The third-order valence-corrected chi connectivity index (χ3v) is 4.68. The zero-order valence-corrected chi connectivity index (χ0v) is 17.8. The Balaban J connectivity index is 0.000000555. The molecule has 0 aliphatic heterocycles. The van der Waals surface area contributed by atoms with Crippen LogP contribution in [0.2, 0.25) is 0 Å². The normalized spacial score (nSPS) is 11.8. The quantitative estimate of drug-likeness (QED) is 0.335. The van der Waals surface area contributed by atoms with Crippen molar-refractivity contribution in [3.05, 3.63) is 94.8 Å². The van der Waals surface area contributed by atoms with Crippen LogP contribution in [0, 0.1) is 13.8 Å². The largest absolute Gasteiger partial charge is 0.673 e. The van der Waals surface area contributed by atoms with Gasteiger partial charge in [-0.3, -0.25) is 0 Å². The van der Waals surface area contributed by atoms with Gasteiger partial charge in [0.25, 0.3) is 0 Å². The minimum Gasteiger partial charge on any atom is -0.478 e. The summed E-state index contributed by atoms with van der Waals surface area (Å²) in [5.41, 5.74) is 5.13. The lowest BCUT2D eigenvalue weighted by Crippen LogP contribution is -2.70. The summed E-state index contributed by atoms with van der Waals surface area (Å²) in [5, 5.41) is 11.0. The van der Waals surface area contributed by atoms with Gasteiger partial charge in [0.05, 0.1) is 17.0 Å². The second kappa shape index (κ2) is 9.73. The lowest BCUT2D eigenvalue weighted by atomic mass is 10.0. The molecular weight excluding hydrogens is 437 g/mol. The third kappa shape index (κ3) is 6.55. The van der Waals surface area contributed by atoms with Crippen molar-refractivity contribution in [3.8, 4) is 11.3 Å². The van der Waals surface area contributed by atoms with E-state index in [1.54, 1.807) is 24.3 Å². The highest BCUT2D eigenvalue weighted by atomic mass is 19.5. The van der Waals surface area contributed by atoms with E-state index in [4.69, 9.17) is 9.52 Å². The Bertz CT molecular complexity index is 1340. The van der Waals surface area contributed by atoms with E-state index in [2.05, 4.69) is 24.9 Å². The summed E-state index contributed by atoms with van der Waals surface area (Å²) in [6, 6.07) is 22.8. The molecule has 0 aliphatic carbocycles. The first kappa shape index (κ1) is 23.8. The summed E-state index contributed by atoms with van der Waals surface area (Å²) in [7, 11) is -6.00. The molecule has 33 heavy (non-hydrogen) atoms. The molecule has 0 spiro atoms. The van der Waals surface area contributed by atoms with Gasteiger partial charge in [0.2, 0.25) is 11.0 Å². The summed E-state index contributed by atoms with van der Waals surface area (Å²) in [4.78, 5) is 14.5. The number of aryl methyl sites for hydroxylation is 2. The second-order valence-electron chi connectivity index (χ2n) is 7.35. The van der Waals surface area contributed by atoms with Crippen LogP contribution in [-0.4, -0.2) is 18.3 Å². The van der Waals surface area contributed by atoms with Gasteiger partial charge in [-0.1, -0.05) is 36.4 Å². The molecule has 2 N–H and O–H groups in total. The molecule has 0 radical (unpaired) electrons. The highest BCUT2D eigenvalue weighted by Crippen LogP contribution is 2.24. The molecule has 4 aromatic rings. The van der Waals surface area contributed by atoms with Crippen molar-refractivity contribution < 1.29 is 36.6 Å². The third-order valence-electron chi connectivity index (χ3n) is 4.68. The fraction of sp³-hybridized carbons (Fsp3) is 0.0833. The van der Waals surface area contributed by atoms with E-state index in [0.29, 0.717) is 0 Å². The summed E-state index contributed by atoms with van der Waals surface area (Å²) in [6.45, 7) is 4.11. The number of fused-ring (bicyclic) bond motifs is 1. The van der Waals surface area contributed by atoms with E-state index in [0.717, 1.165) is 44.5 Å². The van der Waals surface area contributed by atoms with Gasteiger partial charge in [-0.05, 0) is 43.2 Å². The van der Waals surface area contributed by atoms with Crippen LogP contribution >= 0.6 is 0 Å². The Kier molecular flexibility index (Phi) is 7.01. The van der Waals surface area contributed by atoms with Crippen molar-refractivity contribution in [1.82, 2.24) is 0 Å². The van der Waals surface area contributed by atoms with Crippen molar-refractivity contribution in [3.63, 3.8) is 0 Å². The number of rotatable bonds is 3. The van der Waals surface area contributed by atoms with Crippen LogP contribution in [0.3, 0.4) is 0 Å². The van der Waals surface area contributed by atoms with E-state index < -0.39 is 13.2 Å². The molecular formula is C24H20BF4NO3. The average molecular weight is 457 g/mol. The summed E-state index contributed by atoms with van der Waals surface area (Å²) in [5.74, 6) is -0.170. The fourth-order valence-corrected chi connectivity index (χ4v) is 3.40. The molecule has 0 unspecified atom stereocenters. The highest BCUT2D eigenvalue weighted by Gasteiger charge is 2.20. The standard InChI is InChI=1S/C24H19NO3.BF4/c1-15-12-16(2)23-20(25-19-10-8-18(9-11-19)24(26)27)14-21(28-22(23)13-15)17-6-4-3-5-7-17;2-1(3,4)5/h3-14H,1-2H3,(H,26,27);/q;-1/p+1. The van der Waals surface area contributed by atoms with Gasteiger partial charge in [0.1, 0.15) is 11.3 Å². The minimum atomic E-state index is -6.00. The first-order valence-corrected chi connectivity index (χ1v) is 9.92. The number of carboxylic acids is 1. The molecule has 0 saturated carbocycles. The Morgan fingerprint density at radius 1 is 0.909 bits per heavy atom. The molecule has 170 valence electrons. The molecule has 3 aromatic carbocycles. The van der Waals surface area contributed by atoms with E-state index in [1.165, 1.54) is 0 Å². The van der Waals surface area contributed by atoms with Crippen LogP contribution in [0.1, 0.15) is 21.5 Å². The van der Waals surface area contributed by atoms with Gasteiger partial charge in [0.15, 0.2) is 0 Å². The van der Waals surface area contributed by atoms with Crippen LogP contribution in [0.15, 0.2) is 77.2 Å². The molecule has 4 nitrogen and oxygen atoms in total. The van der Waals surface area contributed by atoms with Gasteiger partial charge in [-0.2, -0.15) is 0 Å². The first-order valence-electron chi connectivity index (χ1n) is 9.92. The van der Waals surface area contributed by atoms with E-state index in [-0.39, 0.29) is 5.56 Å². The van der Waals surface area contributed by atoms with Crippen LogP contribution in [-0.2, 0) is 0 Å². The lowest BCUT2D eigenvalue weighted by molar-refractivity contribution is -0.400. The predicted octanol–water partition coefficient (Wildman–Crippen LogP) is 5.03. The molecule has 0 saturated heterocycles. The molecule has 1 aromatic heterocycles. The minimum absolute atomic E-state index is 0.259. The maximum atomic E-state index is 11.1. The summed E-state index contributed by atoms with van der Waals surface area (Å²) >= 11 is 0. The molecule has 9 heteroatoms. The number of carbonyl (C=O) groups is 1. The molecule has 1 heterocycles. The number of carboxylic acid groups (broad SMARTS) is 1. The first-order chi connectivity index (χ1) is 15.5. The SMILES string of the molecule is Cc1cc(C)c2c(=[NH+]c3ccc(C(=O)O)cc3)cc(-c3ccccc3)oc2c1.F[B-](F)(F)F. The van der Waals surface area contributed by atoms with Gasteiger partial charge in [-0.25, -0.2) is 9.79 Å². The summed E-state index contributed by atoms with van der Waals surface area (Å²) in [6.07, 6.45) is 0. The van der Waals surface area contributed by atoms with Crippen molar-refractivity contribution in [2.24, 2.45) is 0 Å². The zero-order valence-electron chi connectivity index (χ0n) is 17.8. The van der Waals surface area contributed by atoms with Gasteiger partial charge in [0, 0.05) is 17.7 Å². The van der Waals surface area contributed by atoms with Crippen molar-refractivity contribution in [2.75, 3.05) is 0 Å². The molecule has 4 rings (SSSR count). The molecule has 0 atom stereocenters. The van der Waals surface area contributed by atoms with Crippen LogP contribution in [0.25, 0.3) is 22.3 Å². The second-order valence-corrected chi connectivity index (χ2v) is 7.35. The van der Waals surface area contributed by atoms with E-state index >= 15 is 0 Å². The van der Waals surface area contributed by atoms with Crippen molar-refractivity contribution >= 4 is 29.9 Å². The van der Waals surface area contributed by atoms with Crippen LogP contribution in [0.4, 0.5) is 23.0 Å². The van der Waals surface area contributed by atoms with Gasteiger partial charge in [-0.15, -0.1) is 0 Å². The zero-order chi connectivity index (χ0) is 24.2. The Hall–Kier alpha value is -3.88. The van der Waals surface area contributed by atoms with Crippen molar-refractivity contribution in [2.45, 2.75) is 13.8 Å². The number of benzene rings is 3. The molecule has 0 bridgehead atoms. The molecule has 0 fully saturated rings. The van der Waals surface area contributed by atoms with Crippen molar-refractivity contribution in [1.29, 1.82) is 0 Å². The van der Waals surface area contributed by atoms with Gasteiger partial charge < -0.3 is 26.8 Å². The van der Waals surface area contributed by atoms with E-state index in [1.807, 2.05) is 42.5 Å². The topological polar surface area (TPSA) is 64.4 Å². The highest BCUT2D eigenvalue weighted by molar-refractivity contribution is 6.50. The number of nitrogens with one attached hydrogen (secondary N) is 1. The maximum absolute atomic E-state index is 11.1. The number of halogens is 4. The Labute approximate surface area is 187 Å². The van der Waals surface area contributed by atoms with Gasteiger partial charge >= 0.3 is 13.2 Å². The molecule has 0 aliphatic rings. The number of hydrogen-bond donors (Lipinski definition) is 2. The average Bonchev–Trinajstić information content (AvgIpc) is 2.73. The predicted molar refractivity (Wildman–Crippen MR) is 118 cm³/mol.